The predicted octanol–water partition coefficient (Wildman–Crippen LogP) is 2.66. The summed E-state index contributed by atoms with van der Waals surface area (Å²) in [6, 6.07) is 4.23. The van der Waals surface area contributed by atoms with Crippen LogP contribution in [0.2, 0.25) is 0 Å². The minimum atomic E-state index is -0.864. The van der Waals surface area contributed by atoms with Crippen LogP contribution in [0, 0.1) is 5.82 Å². The molecule has 1 atom stereocenters. The molecule has 5 heteroatoms. The van der Waals surface area contributed by atoms with Gasteiger partial charge in [0.15, 0.2) is 0 Å². The number of rotatable bonds is 5. The Bertz CT molecular complexity index is 515. The van der Waals surface area contributed by atoms with Gasteiger partial charge in [-0.2, -0.15) is 0 Å². The molecule has 0 saturated carbocycles. The van der Waals surface area contributed by atoms with Crippen LogP contribution in [0.5, 0.6) is 0 Å². The van der Waals surface area contributed by atoms with E-state index in [-0.39, 0.29) is 24.4 Å². The number of carbonyl (C=O) groups is 1. The molecule has 0 saturated heterocycles. The van der Waals surface area contributed by atoms with E-state index in [1.165, 1.54) is 12.1 Å². The Morgan fingerprint density at radius 1 is 1.43 bits per heavy atom. The average Bonchev–Trinajstić information content (AvgIpc) is 2.87. The largest absolute Gasteiger partial charge is 0.388 e. The maximum Gasteiger partial charge on any atom is 0.315 e. The Balaban J connectivity index is 1.92. The summed E-state index contributed by atoms with van der Waals surface area (Å²) in [7, 11) is 0. The molecule has 0 spiro atoms. The zero-order valence-corrected chi connectivity index (χ0v) is 12.6. The predicted molar refractivity (Wildman–Crippen MR) is 79.5 cm³/mol. The fourth-order valence-electron chi connectivity index (χ4n) is 2.68. The number of amides is 2. The van der Waals surface area contributed by atoms with Gasteiger partial charge in [0.2, 0.25) is 0 Å². The molecule has 2 amide bonds. The van der Waals surface area contributed by atoms with Crippen molar-refractivity contribution in [3.05, 3.63) is 35.1 Å². The Morgan fingerprint density at radius 3 is 2.81 bits per heavy atom. The highest BCUT2D eigenvalue weighted by atomic mass is 19.1. The zero-order chi connectivity index (χ0) is 15.5. The summed E-state index contributed by atoms with van der Waals surface area (Å²) in [5, 5.41) is 15.7. The first-order valence-corrected chi connectivity index (χ1v) is 7.52. The fraction of sp³-hybridized carbons (Fsp3) is 0.562. The Kier molecular flexibility index (Phi) is 4.83. The van der Waals surface area contributed by atoms with Gasteiger partial charge in [0.25, 0.3) is 0 Å². The van der Waals surface area contributed by atoms with E-state index in [0.29, 0.717) is 12.8 Å². The second-order valence-corrected chi connectivity index (χ2v) is 5.69. The number of aryl methyl sites for hydroxylation is 1. The van der Waals surface area contributed by atoms with Crippen LogP contribution >= 0.6 is 0 Å². The summed E-state index contributed by atoms with van der Waals surface area (Å²) in [5.74, 6) is -0.283. The lowest BCUT2D eigenvalue weighted by atomic mass is 9.98. The van der Waals surface area contributed by atoms with Crippen LogP contribution in [-0.2, 0) is 6.42 Å². The van der Waals surface area contributed by atoms with E-state index >= 15 is 0 Å². The number of halogens is 1. The fourth-order valence-corrected chi connectivity index (χ4v) is 2.68. The third-order valence-corrected chi connectivity index (χ3v) is 4.39. The van der Waals surface area contributed by atoms with E-state index < -0.39 is 5.60 Å². The molecule has 0 heterocycles. The molecule has 1 aromatic rings. The smallest absolute Gasteiger partial charge is 0.315 e. The summed E-state index contributed by atoms with van der Waals surface area (Å²) in [6.45, 7) is 3.99. The van der Waals surface area contributed by atoms with E-state index in [1.54, 1.807) is 6.07 Å². The van der Waals surface area contributed by atoms with Crippen molar-refractivity contribution in [2.45, 2.75) is 51.2 Å². The van der Waals surface area contributed by atoms with Gasteiger partial charge in [-0.05, 0) is 48.9 Å². The van der Waals surface area contributed by atoms with Crippen molar-refractivity contribution >= 4 is 6.03 Å². The second kappa shape index (κ2) is 6.43. The number of aliphatic hydroxyl groups is 1. The first kappa shape index (κ1) is 15.8. The first-order chi connectivity index (χ1) is 9.97. The normalized spacial score (nSPS) is 17.4. The van der Waals surface area contributed by atoms with Gasteiger partial charge in [-0.15, -0.1) is 0 Å². The molecule has 0 fully saturated rings. The molecule has 1 aliphatic rings. The van der Waals surface area contributed by atoms with Gasteiger partial charge in [0.05, 0.1) is 11.6 Å². The van der Waals surface area contributed by atoms with Gasteiger partial charge < -0.3 is 15.7 Å². The van der Waals surface area contributed by atoms with E-state index in [0.717, 1.165) is 24.0 Å². The van der Waals surface area contributed by atoms with Crippen molar-refractivity contribution in [2.24, 2.45) is 0 Å². The van der Waals surface area contributed by atoms with Crippen molar-refractivity contribution in [3.8, 4) is 0 Å². The van der Waals surface area contributed by atoms with Crippen LogP contribution in [0.3, 0.4) is 0 Å². The molecule has 0 bridgehead atoms. The highest BCUT2D eigenvalue weighted by Crippen LogP contribution is 2.31. The summed E-state index contributed by atoms with van der Waals surface area (Å²) in [5.41, 5.74) is 1.07. The van der Waals surface area contributed by atoms with Crippen LogP contribution in [0.15, 0.2) is 18.2 Å². The lowest BCUT2D eigenvalue weighted by molar-refractivity contribution is 0.0348. The minimum Gasteiger partial charge on any atom is -0.388 e. The highest BCUT2D eigenvalue weighted by molar-refractivity contribution is 5.74. The quantitative estimate of drug-likeness (QED) is 0.782. The standard InChI is InChI=1S/C16H23FN2O2/c1-3-16(21,4-2)10-18-15(20)19-14-8-6-11-5-7-12(17)9-13(11)14/h5,7,9,14,21H,3-4,6,8,10H2,1-2H3,(H2,18,19,20). The summed E-state index contributed by atoms with van der Waals surface area (Å²) in [6.07, 6.45) is 2.79. The molecule has 116 valence electrons. The maximum atomic E-state index is 13.3. The van der Waals surface area contributed by atoms with Crippen LogP contribution < -0.4 is 10.6 Å². The molecule has 1 aliphatic carbocycles. The molecule has 0 aliphatic heterocycles. The minimum absolute atomic E-state index is 0.160. The van der Waals surface area contributed by atoms with E-state index in [4.69, 9.17) is 0 Å². The number of benzene rings is 1. The molecule has 21 heavy (non-hydrogen) atoms. The van der Waals surface area contributed by atoms with Crippen molar-refractivity contribution < 1.29 is 14.3 Å². The van der Waals surface area contributed by atoms with Gasteiger partial charge in [-0.1, -0.05) is 19.9 Å². The molecular formula is C16H23FN2O2. The maximum absolute atomic E-state index is 13.3. The second-order valence-electron chi connectivity index (χ2n) is 5.69. The molecular weight excluding hydrogens is 271 g/mol. The van der Waals surface area contributed by atoms with Crippen molar-refractivity contribution in [1.82, 2.24) is 10.6 Å². The van der Waals surface area contributed by atoms with Crippen molar-refractivity contribution in [1.29, 1.82) is 0 Å². The summed E-state index contributed by atoms with van der Waals surface area (Å²) < 4.78 is 13.3. The Morgan fingerprint density at radius 2 is 2.14 bits per heavy atom. The highest BCUT2D eigenvalue weighted by Gasteiger charge is 2.26. The van der Waals surface area contributed by atoms with Gasteiger partial charge in [-0.3, -0.25) is 0 Å². The molecule has 2 rings (SSSR count). The van der Waals surface area contributed by atoms with Crippen LogP contribution in [0.25, 0.3) is 0 Å². The lowest BCUT2D eigenvalue weighted by Crippen LogP contribution is -2.46. The van der Waals surface area contributed by atoms with Crippen LogP contribution in [0.4, 0.5) is 9.18 Å². The Labute approximate surface area is 124 Å². The van der Waals surface area contributed by atoms with Gasteiger partial charge >= 0.3 is 6.03 Å². The average molecular weight is 294 g/mol. The van der Waals surface area contributed by atoms with Crippen molar-refractivity contribution in [3.63, 3.8) is 0 Å². The number of urea groups is 1. The van der Waals surface area contributed by atoms with E-state index in [9.17, 15) is 14.3 Å². The summed E-state index contributed by atoms with van der Waals surface area (Å²) >= 11 is 0. The first-order valence-electron chi connectivity index (χ1n) is 7.52. The van der Waals surface area contributed by atoms with Gasteiger partial charge in [0, 0.05) is 6.54 Å². The number of fused-ring (bicyclic) bond motifs is 1. The Hall–Kier alpha value is -1.62. The lowest BCUT2D eigenvalue weighted by Gasteiger charge is -2.26. The van der Waals surface area contributed by atoms with E-state index in [2.05, 4.69) is 10.6 Å². The number of nitrogens with one attached hydrogen (secondary N) is 2. The number of carbonyl (C=O) groups excluding carboxylic acids is 1. The molecule has 1 aromatic carbocycles. The van der Waals surface area contributed by atoms with Crippen LogP contribution in [0.1, 0.15) is 50.3 Å². The van der Waals surface area contributed by atoms with Crippen LogP contribution in [-0.4, -0.2) is 23.3 Å². The molecule has 0 aromatic heterocycles. The number of hydrogen-bond donors (Lipinski definition) is 3. The topological polar surface area (TPSA) is 61.4 Å². The SMILES string of the molecule is CCC(O)(CC)CNC(=O)NC1CCc2ccc(F)cc21. The van der Waals surface area contributed by atoms with E-state index in [1.807, 2.05) is 13.8 Å². The molecule has 4 nitrogen and oxygen atoms in total. The monoisotopic (exact) mass is 294 g/mol. The third kappa shape index (κ3) is 3.73. The van der Waals surface area contributed by atoms with Gasteiger partial charge in [-0.25, -0.2) is 9.18 Å². The van der Waals surface area contributed by atoms with Crippen molar-refractivity contribution in [2.75, 3.05) is 6.54 Å². The molecule has 1 unspecified atom stereocenters. The molecule has 0 radical (unpaired) electrons. The third-order valence-electron chi connectivity index (χ3n) is 4.39. The van der Waals surface area contributed by atoms with Gasteiger partial charge in [0.1, 0.15) is 5.82 Å². The summed E-state index contributed by atoms with van der Waals surface area (Å²) in [4.78, 5) is 11.9. The zero-order valence-electron chi connectivity index (χ0n) is 12.6. The molecule has 3 N–H and O–H groups in total. The number of hydrogen-bond acceptors (Lipinski definition) is 2.